The van der Waals surface area contributed by atoms with Crippen molar-refractivity contribution in [2.75, 3.05) is 5.75 Å². The number of rotatable bonds is 3. The molecule has 1 aromatic rings. The lowest BCUT2D eigenvalue weighted by atomic mass is 10.00. The van der Waals surface area contributed by atoms with E-state index in [0.717, 1.165) is 11.1 Å². The summed E-state index contributed by atoms with van der Waals surface area (Å²) in [6.45, 7) is 1.95. The number of benzene rings is 1. The smallest absolute Gasteiger partial charge is 0.311 e. The normalized spacial score (nSPS) is 12.5. The van der Waals surface area contributed by atoms with E-state index in [9.17, 15) is 4.79 Å². The van der Waals surface area contributed by atoms with Crippen molar-refractivity contribution in [1.29, 1.82) is 0 Å². The molecule has 0 saturated heterocycles. The molecule has 0 aliphatic carbocycles. The Morgan fingerprint density at radius 1 is 1.62 bits per heavy atom. The summed E-state index contributed by atoms with van der Waals surface area (Å²) in [6.07, 6.45) is 0. The van der Waals surface area contributed by atoms with E-state index in [1.165, 1.54) is 0 Å². The lowest BCUT2D eigenvalue weighted by Crippen LogP contribution is -2.13. The van der Waals surface area contributed by atoms with E-state index >= 15 is 0 Å². The molecule has 2 nitrogen and oxygen atoms in total. The maximum absolute atomic E-state index is 10.8. The number of aryl methyl sites for hydroxylation is 1. The van der Waals surface area contributed by atoms with E-state index in [1.807, 2.05) is 31.2 Å². The number of carbonyl (C=O) groups is 1. The number of hydrogen-bond donors (Lipinski definition) is 2. The van der Waals surface area contributed by atoms with Gasteiger partial charge in [0.1, 0.15) is 0 Å². The fourth-order valence-electron chi connectivity index (χ4n) is 1.21. The third kappa shape index (κ3) is 2.49. The van der Waals surface area contributed by atoms with Crippen molar-refractivity contribution < 1.29 is 9.90 Å². The molecule has 0 aliphatic rings. The average Bonchev–Trinajstić information content (AvgIpc) is 2.04. The molecule has 0 amide bonds. The molecule has 13 heavy (non-hydrogen) atoms. The Bertz CT molecular complexity index is 310. The number of carboxylic acid groups (broad SMARTS) is 1. The standard InChI is InChI=1S/C10H12O2S/c1-7-3-2-4-8(5-7)9(6-13)10(11)12/h2-5,9,13H,6H2,1H3,(H,11,12). The first-order valence-corrected chi connectivity index (χ1v) is 4.68. The van der Waals surface area contributed by atoms with Gasteiger partial charge in [0.05, 0.1) is 5.92 Å². The summed E-state index contributed by atoms with van der Waals surface area (Å²) in [4.78, 5) is 10.8. The highest BCUT2D eigenvalue weighted by Gasteiger charge is 2.17. The molecule has 0 bridgehead atoms. The number of carboxylic acids is 1. The van der Waals surface area contributed by atoms with Gasteiger partial charge in [-0.1, -0.05) is 29.8 Å². The van der Waals surface area contributed by atoms with Crippen molar-refractivity contribution in [3.63, 3.8) is 0 Å². The molecule has 0 heterocycles. The highest BCUT2D eigenvalue weighted by molar-refractivity contribution is 7.80. The van der Waals surface area contributed by atoms with Crippen LogP contribution in [-0.4, -0.2) is 16.8 Å². The zero-order chi connectivity index (χ0) is 9.84. The molecule has 0 radical (unpaired) electrons. The zero-order valence-electron chi connectivity index (χ0n) is 7.40. The molecule has 0 aromatic heterocycles. The quantitative estimate of drug-likeness (QED) is 0.726. The summed E-state index contributed by atoms with van der Waals surface area (Å²) < 4.78 is 0. The highest BCUT2D eigenvalue weighted by atomic mass is 32.1. The summed E-state index contributed by atoms with van der Waals surface area (Å²) in [7, 11) is 0. The predicted molar refractivity (Wildman–Crippen MR) is 55.4 cm³/mol. The minimum Gasteiger partial charge on any atom is -0.481 e. The van der Waals surface area contributed by atoms with Crippen LogP contribution < -0.4 is 0 Å². The monoisotopic (exact) mass is 196 g/mol. The van der Waals surface area contributed by atoms with Gasteiger partial charge in [-0.25, -0.2) is 0 Å². The van der Waals surface area contributed by atoms with E-state index in [1.54, 1.807) is 0 Å². The van der Waals surface area contributed by atoms with Crippen LogP contribution in [0.15, 0.2) is 24.3 Å². The van der Waals surface area contributed by atoms with E-state index in [2.05, 4.69) is 12.6 Å². The fourth-order valence-corrected chi connectivity index (χ4v) is 1.58. The SMILES string of the molecule is Cc1cccc(C(CS)C(=O)O)c1. The van der Waals surface area contributed by atoms with Crippen molar-refractivity contribution in [1.82, 2.24) is 0 Å². The van der Waals surface area contributed by atoms with Crippen LogP contribution in [0.5, 0.6) is 0 Å². The topological polar surface area (TPSA) is 37.3 Å². The van der Waals surface area contributed by atoms with Gasteiger partial charge in [0.25, 0.3) is 0 Å². The molecule has 1 aromatic carbocycles. The van der Waals surface area contributed by atoms with Crippen LogP contribution >= 0.6 is 12.6 Å². The van der Waals surface area contributed by atoms with Crippen LogP contribution in [0.25, 0.3) is 0 Å². The van der Waals surface area contributed by atoms with Gasteiger partial charge in [-0.15, -0.1) is 0 Å². The van der Waals surface area contributed by atoms with Gasteiger partial charge in [0.2, 0.25) is 0 Å². The van der Waals surface area contributed by atoms with E-state index < -0.39 is 11.9 Å². The van der Waals surface area contributed by atoms with Gasteiger partial charge in [-0.05, 0) is 12.5 Å². The maximum atomic E-state index is 10.8. The second kappa shape index (κ2) is 4.33. The van der Waals surface area contributed by atoms with E-state index in [-0.39, 0.29) is 0 Å². The molecule has 0 saturated carbocycles. The van der Waals surface area contributed by atoms with Crippen LogP contribution in [0.4, 0.5) is 0 Å². The van der Waals surface area contributed by atoms with Crippen molar-refractivity contribution >= 4 is 18.6 Å². The molecule has 1 unspecified atom stereocenters. The zero-order valence-corrected chi connectivity index (χ0v) is 8.29. The van der Waals surface area contributed by atoms with Crippen molar-refractivity contribution in [2.45, 2.75) is 12.8 Å². The van der Waals surface area contributed by atoms with Crippen molar-refractivity contribution in [2.24, 2.45) is 0 Å². The van der Waals surface area contributed by atoms with Gasteiger partial charge in [-0.3, -0.25) is 4.79 Å². The Morgan fingerprint density at radius 3 is 2.77 bits per heavy atom. The fraction of sp³-hybridized carbons (Fsp3) is 0.300. The summed E-state index contributed by atoms with van der Waals surface area (Å²) in [5, 5.41) is 8.87. The number of hydrogen-bond acceptors (Lipinski definition) is 2. The van der Waals surface area contributed by atoms with E-state index in [0.29, 0.717) is 5.75 Å². The Kier molecular flexibility index (Phi) is 3.37. The third-order valence-corrected chi connectivity index (χ3v) is 2.29. The van der Waals surface area contributed by atoms with Gasteiger partial charge in [0.15, 0.2) is 0 Å². The molecule has 0 fully saturated rings. The molecule has 1 atom stereocenters. The maximum Gasteiger partial charge on any atom is 0.311 e. The van der Waals surface area contributed by atoms with Crippen LogP contribution in [0.2, 0.25) is 0 Å². The Hall–Kier alpha value is -0.960. The first-order chi connectivity index (χ1) is 6.15. The molecule has 1 N–H and O–H groups in total. The molecule has 70 valence electrons. The molecular formula is C10H12O2S. The molecule has 1 rings (SSSR count). The summed E-state index contributed by atoms with van der Waals surface area (Å²) in [5.41, 5.74) is 1.90. The minimum absolute atomic E-state index is 0.332. The predicted octanol–water partition coefficient (Wildman–Crippen LogP) is 2.09. The average molecular weight is 196 g/mol. The van der Waals surface area contributed by atoms with Crippen LogP contribution in [0, 0.1) is 6.92 Å². The lowest BCUT2D eigenvalue weighted by Gasteiger charge is -2.09. The van der Waals surface area contributed by atoms with Gasteiger partial charge in [-0.2, -0.15) is 12.6 Å². The summed E-state index contributed by atoms with van der Waals surface area (Å²) >= 11 is 4.02. The molecule has 0 spiro atoms. The first kappa shape index (κ1) is 10.1. The van der Waals surface area contributed by atoms with E-state index in [4.69, 9.17) is 5.11 Å². The Morgan fingerprint density at radius 2 is 2.31 bits per heavy atom. The first-order valence-electron chi connectivity index (χ1n) is 4.05. The summed E-state index contributed by atoms with van der Waals surface area (Å²) in [5.74, 6) is -0.984. The highest BCUT2D eigenvalue weighted by Crippen LogP contribution is 2.18. The molecule has 3 heteroatoms. The van der Waals surface area contributed by atoms with Gasteiger partial charge in [0, 0.05) is 5.75 Å². The lowest BCUT2D eigenvalue weighted by molar-refractivity contribution is -0.138. The van der Waals surface area contributed by atoms with Crippen molar-refractivity contribution in [3.8, 4) is 0 Å². The minimum atomic E-state index is -0.819. The number of thiol groups is 1. The third-order valence-electron chi connectivity index (χ3n) is 1.93. The van der Waals surface area contributed by atoms with Gasteiger partial charge < -0.3 is 5.11 Å². The number of aliphatic carboxylic acids is 1. The van der Waals surface area contributed by atoms with Crippen LogP contribution in [0.3, 0.4) is 0 Å². The van der Waals surface area contributed by atoms with Crippen LogP contribution in [-0.2, 0) is 4.79 Å². The molecular weight excluding hydrogens is 184 g/mol. The largest absolute Gasteiger partial charge is 0.481 e. The molecule has 0 aliphatic heterocycles. The Labute approximate surface area is 83.0 Å². The second-order valence-electron chi connectivity index (χ2n) is 2.99. The Balaban J connectivity index is 2.98. The van der Waals surface area contributed by atoms with Crippen LogP contribution in [0.1, 0.15) is 17.0 Å². The second-order valence-corrected chi connectivity index (χ2v) is 3.35. The summed E-state index contributed by atoms with van der Waals surface area (Å²) in [6, 6.07) is 7.52. The van der Waals surface area contributed by atoms with Gasteiger partial charge >= 0.3 is 5.97 Å². The van der Waals surface area contributed by atoms with Crippen molar-refractivity contribution in [3.05, 3.63) is 35.4 Å².